The van der Waals surface area contributed by atoms with Crippen LogP contribution in [0.5, 0.6) is 11.6 Å². The van der Waals surface area contributed by atoms with Gasteiger partial charge in [0, 0.05) is 23.6 Å². The van der Waals surface area contributed by atoms with Crippen LogP contribution < -0.4 is 14.8 Å². The molecular formula is C20H22N4O4. The van der Waals surface area contributed by atoms with E-state index in [1.165, 1.54) is 6.33 Å². The number of benzene rings is 1. The molecule has 0 saturated heterocycles. The Balaban J connectivity index is 1.56. The largest absolute Gasteiger partial charge is 0.496 e. The molecule has 0 bridgehead atoms. The molecule has 0 aliphatic carbocycles. The van der Waals surface area contributed by atoms with E-state index in [1.54, 1.807) is 13.2 Å². The second-order valence-corrected chi connectivity index (χ2v) is 6.19. The number of aryl methyl sites for hydroxylation is 2. The van der Waals surface area contributed by atoms with E-state index in [9.17, 15) is 4.79 Å². The summed E-state index contributed by atoms with van der Waals surface area (Å²) in [6.45, 7) is 3.99. The SMILES string of the molecule is COc1ccccc1COc1cc(NC(=O)CCc2c(C)noc2C)ncn1. The Hall–Kier alpha value is -3.42. The molecule has 1 N–H and O–H groups in total. The maximum Gasteiger partial charge on any atom is 0.225 e. The fourth-order valence-corrected chi connectivity index (χ4v) is 2.76. The van der Waals surface area contributed by atoms with Crippen LogP contribution in [0.15, 0.2) is 41.2 Å². The van der Waals surface area contributed by atoms with Crippen LogP contribution in [0.2, 0.25) is 0 Å². The molecule has 8 nitrogen and oxygen atoms in total. The first-order valence-electron chi connectivity index (χ1n) is 8.85. The number of hydrogen-bond donors (Lipinski definition) is 1. The molecule has 2 aromatic heterocycles. The Bertz CT molecular complexity index is 935. The van der Waals surface area contributed by atoms with Gasteiger partial charge in [-0.1, -0.05) is 23.4 Å². The number of amides is 1. The number of hydrogen-bond acceptors (Lipinski definition) is 7. The van der Waals surface area contributed by atoms with E-state index in [1.807, 2.05) is 38.1 Å². The molecule has 2 heterocycles. The van der Waals surface area contributed by atoms with Gasteiger partial charge < -0.3 is 19.3 Å². The fraction of sp³-hybridized carbons (Fsp3) is 0.300. The summed E-state index contributed by atoms with van der Waals surface area (Å²) in [5.41, 5.74) is 2.66. The zero-order valence-corrected chi connectivity index (χ0v) is 16.1. The summed E-state index contributed by atoms with van der Waals surface area (Å²) >= 11 is 0. The van der Waals surface area contributed by atoms with Crippen LogP contribution in [0.1, 0.15) is 29.0 Å². The van der Waals surface area contributed by atoms with E-state index >= 15 is 0 Å². The number of aromatic nitrogens is 3. The standard InChI is InChI=1S/C20H22N4O4/c1-13-16(14(2)28-24-13)8-9-19(25)23-18-10-20(22-12-21-18)27-11-15-6-4-5-7-17(15)26-3/h4-7,10,12H,8-9,11H2,1-3H3,(H,21,22,23,25). The number of anilines is 1. The van der Waals surface area contributed by atoms with Crippen LogP contribution >= 0.6 is 0 Å². The van der Waals surface area contributed by atoms with E-state index < -0.39 is 0 Å². The first-order chi connectivity index (χ1) is 13.6. The lowest BCUT2D eigenvalue weighted by molar-refractivity contribution is -0.116. The molecule has 0 spiro atoms. The fourth-order valence-electron chi connectivity index (χ4n) is 2.76. The predicted octanol–water partition coefficient (Wildman–Crippen LogP) is 3.24. The highest BCUT2D eigenvalue weighted by Gasteiger charge is 2.12. The van der Waals surface area contributed by atoms with Crippen molar-refractivity contribution in [2.24, 2.45) is 0 Å². The van der Waals surface area contributed by atoms with Crippen LogP contribution in [-0.2, 0) is 17.8 Å². The third-order valence-electron chi connectivity index (χ3n) is 4.26. The van der Waals surface area contributed by atoms with E-state index in [0.717, 1.165) is 28.3 Å². The Kier molecular flexibility index (Phi) is 6.21. The van der Waals surface area contributed by atoms with Gasteiger partial charge in [0.05, 0.1) is 12.8 Å². The second kappa shape index (κ2) is 8.98. The zero-order chi connectivity index (χ0) is 19.9. The minimum atomic E-state index is -0.158. The third-order valence-corrected chi connectivity index (χ3v) is 4.26. The van der Waals surface area contributed by atoms with Gasteiger partial charge in [0.15, 0.2) is 0 Å². The Labute approximate surface area is 162 Å². The molecule has 8 heteroatoms. The number of ether oxygens (including phenoxy) is 2. The third kappa shape index (κ3) is 4.85. The van der Waals surface area contributed by atoms with Crippen molar-refractivity contribution in [3.8, 4) is 11.6 Å². The van der Waals surface area contributed by atoms with Crippen molar-refractivity contribution in [3.63, 3.8) is 0 Å². The molecule has 0 aliphatic heterocycles. The molecule has 28 heavy (non-hydrogen) atoms. The molecule has 3 aromatic rings. The van der Waals surface area contributed by atoms with Gasteiger partial charge in [-0.25, -0.2) is 9.97 Å². The van der Waals surface area contributed by atoms with Gasteiger partial charge in [-0.05, 0) is 26.3 Å². The summed E-state index contributed by atoms with van der Waals surface area (Å²) in [7, 11) is 1.61. The second-order valence-electron chi connectivity index (χ2n) is 6.19. The number of para-hydroxylation sites is 1. The normalized spacial score (nSPS) is 10.5. The van der Waals surface area contributed by atoms with E-state index in [-0.39, 0.29) is 5.91 Å². The van der Waals surface area contributed by atoms with Crippen molar-refractivity contribution in [1.82, 2.24) is 15.1 Å². The maximum atomic E-state index is 12.2. The van der Waals surface area contributed by atoms with E-state index in [0.29, 0.717) is 31.1 Å². The van der Waals surface area contributed by atoms with Gasteiger partial charge in [-0.3, -0.25) is 4.79 Å². The lowest BCUT2D eigenvalue weighted by atomic mass is 10.1. The molecular weight excluding hydrogens is 360 g/mol. The predicted molar refractivity (Wildman–Crippen MR) is 102 cm³/mol. The van der Waals surface area contributed by atoms with Gasteiger partial charge in [0.1, 0.15) is 30.3 Å². The lowest BCUT2D eigenvalue weighted by Gasteiger charge is -2.10. The number of rotatable bonds is 8. The van der Waals surface area contributed by atoms with Crippen molar-refractivity contribution in [2.75, 3.05) is 12.4 Å². The Morgan fingerprint density at radius 2 is 2.04 bits per heavy atom. The summed E-state index contributed by atoms with van der Waals surface area (Å²) in [6, 6.07) is 9.17. The maximum absolute atomic E-state index is 12.2. The average molecular weight is 382 g/mol. The molecule has 1 amide bonds. The van der Waals surface area contributed by atoms with Gasteiger partial charge >= 0.3 is 0 Å². The quantitative estimate of drug-likeness (QED) is 0.638. The molecule has 3 rings (SSSR count). The summed E-state index contributed by atoms with van der Waals surface area (Å²) in [5.74, 6) is 2.06. The molecule has 1 aromatic carbocycles. The first kappa shape index (κ1) is 19.3. The summed E-state index contributed by atoms with van der Waals surface area (Å²) in [6.07, 6.45) is 2.20. The molecule has 146 valence electrons. The van der Waals surface area contributed by atoms with Crippen LogP contribution in [0.4, 0.5) is 5.82 Å². The van der Waals surface area contributed by atoms with Crippen molar-refractivity contribution in [2.45, 2.75) is 33.3 Å². The molecule has 0 aliphatic rings. The monoisotopic (exact) mass is 382 g/mol. The van der Waals surface area contributed by atoms with Crippen molar-refractivity contribution >= 4 is 11.7 Å². The first-order valence-corrected chi connectivity index (χ1v) is 8.85. The molecule has 0 saturated carbocycles. The average Bonchev–Trinajstić information content (AvgIpc) is 3.03. The number of methoxy groups -OCH3 is 1. The van der Waals surface area contributed by atoms with Crippen LogP contribution in [0.3, 0.4) is 0 Å². The highest BCUT2D eigenvalue weighted by atomic mass is 16.5. The van der Waals surface area contributed by atoms with Crippen LogP contribution in [-0.4, -0.2) is 28.1 Å². The highest BCUT2D eigenvalue weighted by molar-refractivity contribution is 5.89. The Morgan fingerprint density at radius 1 is 1.21 bits per heavy atom. The summed E-state index contributed by atoms with van der Waals surface area (Å²) in [5, 5.41) is 6.65. The number of carbonyl (C=O) groups is 1. The van der Waals surface area contributed by atoms with Crippen molar-refractivity contribution in [3.05, 3.63) is 59.2 Å². The van der Waals surface area contributed by atoms with Gasteiger partial charge in [0.2, 0.25) is 11.8 Å². The van der Waals surface area contributed by atoms with Crippen molar-refractivity contribution in [1.29, 1.82) is 0 Å². The number of carbonyl (C=O) groups excluding carboxylic acids is 1. The summed E-state index contributed by atoms with van der Waals surface area (Å²) in [4.78, 5) is 20.4. The number of nitrogens with zero attached hydrogens (tertiary/aromatic N) is 3. The topological polar surface area (TPSA) is 99.4 Å². The lowest BCUT2D eigenvalue weighted by Crippen LogP contribution is -2.14. The van der Waals surface area contributed by atoms with Crippen LogP contribution in [0, 0.1) is 13.8 Å². The molecule has 0 fully saturated rings. The van der Waals surface area contributed by atoms with Gasteiger partial charge in [-0.15, -0.1) is 0 Å². The van der Waals surface area contributed by atoms with Crippen LogP contribution in [0.25, 0.3) is 0 Å². The van der Waals surface area contributed by atoms with E-state index in [2.05, 4.69) is 20.4 Å². The molecule has 0 unspecified atom stereocenters. The summed E-state index contributed by atoms with van der Waals surface area (Å²) < 4.78 is 16.1. The molecule has 0 radical (unpaired) electrons. The van der Waals surface area contributed by atoms with Gasteiger partial charge in [-0.2, -0.15) is 0 Å². The zero-order valence-electron chi connectivity index (χ0n) is 16.1. The van der Waals surface area contributed by atoms with Crippen molar-refractivity contribution < 1.29 is 18.8 Å². The minimum Gasteiger partial charge on any atom is -0.496 e. The Morgan fingerprint density at radius 3 is 2.79 bits per heavy atom. The highest BCUT2D eigenvalue weighted by Crippen LogP contribution is 2.20. The number of nitrogens with one attached hydrogen (secondary N) is 1. The minimum absolute atomic E-state index is 0.158. The van der Waals surface area contributed by atoms with Gasteiger partial charge in [0.25, 0.3) is 0 Å². The van der Waals surface area contributed by atoms with E-state index in [4.69, 9.17) is 14.0 Å². The smallest absolute Gasteiger partial charge is 0.225 e. The molecule has 0 atom stereocenters.